The predicted molar refractivity (Wildman–Crippen MR) is 53.8 cm³/mol. The molecule has 0 radical (unpaired) electrons. The summed E-state index contributed by atoms with van der Waals surface area (Å²) in [5, 5.41) is 2.72. The van der Waals surface area contributed by atoms with Crippen molar-refractivity contribution in [3.05, 3.63) is 24.1 Å². The summed E-state index contributed by atoms with van der Waals surface area (Å²) in [5.74, 6) is 0.353. The lowest BCUT2D eigenvalue weighted by molar-refractivity contribution is -0.110. The van der Waals surface area contributed by atoms with Crippen LogP contribution in [0.4, 0.5) is 10.2 Å². The minimum absolute atomic E-state index is 0.0135. The Kier molecular flexibility index (Phi) is 2.80. The third kappa shape index (κ3) is 2.06. The first-order valence-corrected chi connectivity index (χ1v) is 4.89. The van der Waals surface area contributed by atoms with E-state index in [0.29, 0.717) is 12.2 Å². The minimum Gasteiger partial charge on any atom is -0.338 e. The van der Waals surface area contributed by atoms with Crippen LogP contribution in [0.3, 0.4) is 0 Å². The lowest BCUT2D eigenvalue weighted by Gasteiger charge is -2.24. The number of amides is 1. The average molecular weight is 209 g/mol. The van der Waals surface area contributed by atoms with E-state index in [1.807, 2.05) is 4.90 Å². The van der Waals surface area contributed by atoms with Crippen molar-refractivity contribution in [1.29, 1.82) is 0 Å². The van der Waals surface area contributed by atoms with E-state index in [1.54, 1.807) is 6.07 Å². The van der Waals surface area contributed by atoms with Gasteiger partial charge in [0.2, 0.25) is 6.41 Å². The fraction of sp³-hybridized carbons (Fsp3) is 0.400. The van der Waals surface area contributed by atoms with Crippen molar-refractivity contribution >= 4 is 12.2 Å². The molecule has 1 saturated heterocycles. The average Bonchev–Trinajstić information content (AvgIpc) is 2.68. The number of rotatable bonds is 3. The first-order chi connectivity index (χ1) is 7.31. The van der Waals surface area contributed by atoms with E-state index in [2.05, 4.69) is 10.3 Å². The normalized spacial score (nSPS) is 20.3. The van der Waals surface area contributed by atoms with E-state index in [0.717, 1.165) is 19.4 Å². The van der Waals surface area contributed by atoms with Crippen LogP contribution in [-0.2, 0) is 4.79 Å². The Bertz CT molecular complexity index is 341. The van der Waals surface area contributed by atoms with Crippen LogP contribution >= 0.6 is 0 Å². The summed E-state index contributed by atoms with van der Waals surface area (Å²) in [4.78, 5) is 16.3. The largest absolute Gasteiger partial charge is 0.338 e. The first kappa shape index (κ1) is 9.89. The van der Waals surface area contributed by atoms with Gasteiger partial charge in [0.05, 0.1) is 6.20 Å². The third-order valence-electron chi connectivity index (χ3n) is 2.52. The van der Waals surface area contributed by atoms with Gasteiger partial charge in [-0.05, 0) is 25.0 Å². The van der Waals surface area contributed by atoms with Gasteiger partial charge in [0.25, 0.3) is 0 Å². The molecule has 1 amide bonds. The van der Waals surface area contributed by atoms with Crippen LogP contribution in [0, 0.1) is 5.82 Å². The Labute approximate surface area is 87.1 Å². The van der Waals surface area contributed by atoms with Crippen molar-refractivity contribution in [3.63, 3.8) is 0 Å². The van der Waals surface area contributed by atoms with Crippen molar-refractivity contribution in [2.45, 2.75) is 19.0 Å². The van der Waals surface area contributed by atoms with Gasteiger partial charge >= 0.3 is 0 Å². The van der Waals surface area contributed by atoms with Crippen molar-refractivity contribution in [2.24, 2.45) is 0 Å². The second kappa shape index (κ2) is 4.25. The molecule has 2 rings (SSSR count). The zero-order chi connectivity index (χ0) is 10.7. The molecule has 1 aliphatic rings. The highest BCUT2D eigenvalue weighted by molar-refractivity contribution is 5.50. The van der Waals surface area contributed by atoms with Crippen LogP contribution in [0.15, 0.2) is 18.3 Å². The zero-order valence-corrected chi connectivity index (χ0v) is 8.19. The number of aromatic nitrogens is 1. The van der Waals surface area contributed by atoms with Gasteiger partial charge < -0.3 is 10.2 Å². The van der Waals surface area contributed by atoms with Crippen LogP contribution < -0.4 is 10.2 Å². The Balaban J connectivity index is 2.15. The Morgan fingerprint density at radius 2 is 2.47 bits per heavy atom. The molecule has 0 aromatic carbocycles. The number of hydrogen-bond donors (Lipinski definition) is 1. The maximum absolute atomic E-state index is 12.7. The van der Waals surface area contributed by atoms with Gasteiger partial charge in [0.1, 0.15) is 17.8 Å². The Hall–Kier alpha value is -1.65. The summed E-state index contributed by atoms with van der Waals surface area (Å²) in [6, 6.07) is 3.00. The van der Waals surface area contributed by atoms with E-state index in [9.17, 15) is 9.18 Å². The molecular formula is C10H12FN3O. The number of hydrogen-bond acceptors (Lipinski definition) is 3. The summed E-state index contributed by atoms with van der Waals surface area (Å²) in [6.45, 7) is 0.837. The molecule has 2 heterocycles. The van der Waals surface area contributed by atoms with E-state index in [4.69, 9.17) is 0 Å². The van der Waals surface area contributed by atoms with Crippen LogP contribution in [0.5, 0.6) is 0 Å². The summed E-state index contributed by atoms with van der Waals surface area (Å²) in [6.07, 6.45) is 3.76. The van der Waals surface area contributed by atoms with E-state index >= 15 is 0 Å². The van der Waals surface area contributed by atoms with Gasteiger partial charge in [-0.25, -0.2) is 9.37 Å². The Morgan fingerprint density at radius 1 is 1.60 bits per heavy atom. The summed E-state index contributed by atoms with van der Waals surface area (Å²) in [7, 11) is 0. The molecule has 1 N–H and O–H groups in total. The molecule has 1 aromatic heterocycles. The zero-order valence-electron chi connectivity index (χ0n) is 8.19. The van der Waals surface area contributed by atoms with Gasteiger partial charge in [-0.2, -0.15) is 0 Å². The smallest absolute Gasteiger partial charge is 0.208 e. The van der Waals surface area contributed by atoms with Crippen molar-refractivity contribution in [2.75, 3.05) is 11.4 Å². The standard InChI is InChI=1S/C10H12FN3O/c11-8-3-4-10(12-6-8)14-5-1-2-9(14)13-7-15/h3-4,6-7,9H,1-2,5H2,(H,13,15)/t9-/m0/s1. The molecule has 80 valence electrons. The summed E-state index contributed by atoms with van der Waals surface area (Å²) in [5.41, 5.74) is 0. The molecule has 0 spiro atoms. The van der Waals surface area contributed by atoms with Gasteiger partial charge in [-0.3, -0.25) is 4.79 Å². The molecule has 1 fully saturated rings. The SMILES string of the molecule is O=CN[C@@H]1CCCN1c1ccc(F)cn1. The molecule has 1 atom stereocenters. The van der Waals surface area contributed by atoms with Gasteiger partial charge in [-0.15, -0.1) is 0 Å². The molecule has 4 nitrogen and oxygen atoms in total. The number of nitrogens with zero attached hydrogens (tertiary/aromatic N) is 2. The molecule has 1 aliphatic heterocycles. The molecule has 0 bridgehead atoms. The Morgan fingerprint density at radius 3 is 3.13 bits per heavy atom. The number of halogens is 1. The lowest BCUT2D eigenvalue weighted by Crippen LogP contribution is -2.40. The number of carbonyl (C=O) groups excluding carboxylic acids is 1. The fourth-order valence-electron chi connectivity index (χ4n) is 1.83. The summed E-state index contributed by atoms with van der Waals surface area (Å²) < 4.78 is 12.7. The second-order valence-corrected chi connectivity index (χ2v) is 3.47. The van der Waals surface area contributed by atoms with Gasteiger partial charge in [-0.1, -0.05) is 0 Å². The van der Waals surface area contributed by atoms with Crippen LogP contribution in [0.2, 0.25) is 0 Å². The minimum atomic E-state index is -0.349. The summed E-state index contributed by atoms with van der Waals surface area (Å²) >= 11 is 0. The third-order valence-corrected chi connectivity index (χ3v) is 2.52. The van der Waals surface area contributed by atoms with Crippen LogP contribution in [0.1, 0.15) is 12.8 Å². The highest BCUT2D eigenvalue weighted by Gasteiger charge is 2.24. The maximum Gasteiger partial charge on any atom is 0.208 e. The first-order valence-electron chi connectivity index (χ1n) is 4.89. The van der Waals surface area contributed by atoms with E-state index in [1.165, 1.54) is 12.3 Å². The van der Waals surface area contributed by atoms with Crippen molar-refractivity contribution in [3.8, 4) is 0 Å². The molecular weight excluding hydrogens is 197 g/mol. The van der Waals surface area contributed by atoms with Crippen molar-refractivity contribution in [1.82, 2.24) is 10.3 Å². The van der Waals surface area contributed by atoms with Crippen molar-refractivity contribution < 1.29 is 9.18 Å². The maximum atomic E-state index is 12.7. The number of carbonyl (C=O) groups is 1. The molecule has 5 heteroatoms. The molecule has 1 aromatic rings. The molecule has 0 unspecified atom stereocenters. The number of nitrogens with one attached hydrogen (secondary N) is 1. The number of anilines is 1. The molecule has 0 saturated carbocycles. The van der Waals surface area contributed by atoms with E-state index < -0.39 is 0 Å². The second-order valence-electron chi connectivity index (χ2n) is 3.47. The molecule has 15 heavy (non-hydrogen) atoms. The lowest BCUT2D eigenvalue weighted by atomic mass is 10.3. The van der Waals surface area contributed by atoms with E-state index in [-0.39, 0.29) is 12.0 Å². The quantitative estimate of drug-likeness (QED) is 0.752. The van der Waals surface area contributed by atoms with Crippen LogP contribution in [-0.4, -0.2) is 24.1 Å². The highest BCUT2D eigenvalue weighted by Crippen LogP contribution is 2.21. The van der Waals surface area contributed by atoms with Gasteiger partial charge in [0, 0.05) is 6.54 Å². The topological polar surface area (TPSA) is 45.2 Å². The van der Waals surface area contributed by atoms with Crippen LogP contribution in [0.25, 0.3) is 0 Å². The monoisotopic (exact) mass is 209 g/mol. The van der Waals surface area contributed by atoms with Gasteiger partial charge in [0.15, 0.2) is 0 Å². The highest BCUT2D eigenvalue weighted by atomic mass is 19.1. The number of pyridine rings is 1. The predicted octanol–water partition coefficient (Wildman–Crippen LogP) is 0.893. The molecule has 0 aliphatic carbocycles. The fourth-order valence-corrected chi connectivity index (χ4v) is 1.83.